The zero-order chi connectivity index (χ0) is 11.5. The van der Waals surface area contributed by atoms with Crippen molar-refractivity contribution in [2.75, 3.05) is 18.5 Å². The van der Waals surface area contributed by atoms with E-state index in [4.69, 9.17) is 16.3 Å². The Labute approximate surface area is 98.2 Å². The van der Waals surface area contributed by atoms with Crippen LogP contribution in [0.2, 0.25) is 5.15 Å². The fourth-order valence-electron chi connectivity index (χ4n) is 1.54. The molecule has 2 heterocycles. The molecule has 0 aromatic carbocycles. The summed E-state index contributed by atoms with van der Waals surface area (Å²) >= 11 is 5.77. The van der Waals surface area contributed by atoms with Crippen LogP contribution in [0.3, 0.4) is 0 Å². The van der Waals surface area contributed by atoms with E-state index in [1.165, 1.54) is 0 Å². The fourth-order valence-corrected chi connectivity index (χ4v) is 1.78. The molecular weight excluding hydrogens is 230 g/mol. The summed E-state index contributed by atoms with van der Waals surface area (Å²) in [5.74, 6) is 0.0314. The molecule has 1 aliphatic rings. The summed E-state index contributed by atoms with van der Waals surface area (Å²) in [5.41, 5.74) is 0.720. The van der Waals surface area contributed by atoms with E-state index in [9.17, 15) is 4.79 Å². The lowest BCUT2D eigenvalue weighted by Gasteiger charge is -2.08. The number of carbonyl (C=O) groups is 1. The molecule has 1 unspecified atom stereocenters. The van der Waals surface area contributed by atoms with E-state index in [2.05, 4.69) is 15.3 Å². The number of carbonyl (C=O) groups excluding carboxylic acids is 1. The standard InChI is InChI=1S/C10H12ClN3O2/c1-6-4-8(11)13-10(12-6)14-9(15)7-2-3-16-5-7/h4,7H,2-3,5H2,1H3,(H,12,13,14,15). The van der Waals surface area contributed by atoms with Crippen molar-refractivity contribution in [3.8, 4) is 0 Å². The third-order valence-corrected chi connectivity index (χ3v) is 2.55. The molecule has 1 saturated heterocycles. The van der Waals surface area contributed by atoms with Crippen LogP contribution >= 0.6 is 11.6 Å². The number of ether oxygens (including phenoxy) is 1. The van der Waals surface area contributed by atoms with Crippen molar-refractivity contribution in [1.29, 1.82) is 0 Å². The Bertz CT molecular complexity index is 385. The molecule has 1 amide bonds. The van der Waals surface area contributed by atoms with Crippen LogP contribution in [-0.4, -0.2) is 29.1 Å². The van der Waals surface area contributed by atoms with E-state index in [1.54, 1.807) is 13.0 Å². The van der Waals surface area contributed by atoms with Gasteiger partial charge < -0.3 is 4.74 Å². The van der Waals surface area contributed by atoms with Gasteiger partial charge in [-0.3, -0.25) is 10.1 Å². The van der Waals surface area contributed by atoms with Crippen molar-refractivity contribution in [2.45, 2.75) is 13.3 Å². The van der Waals surface area contributed by atoms with Gasteiger partial charge in [0.1, 0.15) is 5.15 Å². The molecule has 16 heavy (non-hydrogen) atoms. The molecule has 1 fully saturated rings. The highest BCUT2D eigenvalue weighted by Gasteiger charge is 2.24. The van der Waals surface area contributed by atoms with E-state index in [1.807, 2.05) is 0 Å². The largest absolute Gasteiger partial charge is 0.381 e. The first-order valence-electron chi connectivity index (χ1n) is 5.05. The van der Waals surface area contributed by atoms with Crippen LogP contribution in [0.25, 0.3) is 0 Å². The van der Waals surface area contributed by atoms with Crippen molar-refractivity contribution < 1.29 is 9.53 Å². The second-order valence-corrected chi connectivity index (χ2v) is 4.09. The van der Waals surface area contributed by atoms with E-state index >= 15 is 0 Å². The Morgan fingerprint density at radius 2 is 2.44 bits per heavy atom. The SMILES string of the molecule is Cc1cc(Cl)nc(NC(=O)C2CCOC2)n1. The van der Waals surface area contributed by atoms with Crippen molar-refractivity contribution in [3.63, 3.8) is 0 Å². The average Bonchev–Trinajstić information content (AvgIpc) is 2.68. The Balaban J connectivity index is 2.05. The first kappa shape index (κ1) is 11.3. The smallest absolute Gasteiger partial charge is 0.232 e. The lowest BCUT2D eigenvalue weighted by molar-refractivity contribution is -0.119. The first-order chi connectivity index (χ1) is 7.65. The number of nitrogens with zero attached hydrogens (tertiary/aromatic N) is 2. The molecular formula is C10H12ClN3O2. The molecule has 1 N–H and O–H groups in total. The molecule has 0 bridgehead atoms. The van der Waals surface area contributed by atoms with Gasteiger partial charge in [0.2, 0.25) is 11.9 Å². The third-order valence-electron chi connectivity index (χ3n) is 2.36. The highest BCUT2D eigenvalue weighted by molar-refractivity contribution is 6.29. The summed E-state index contributed by atoms with van der Waals surface area (Å²) in [6, 6.07) is 1.63. The molecule has 1 aromatic heterocycles. The molecule has 2 rings (SSSR count). The van der Waals surface area contributed by atoms with Gasteiger partial charge in [0.15, 0.2) is 0 Å². The monoisotopic (exact) mass is 241 g/mol. The van der Waals surface area contributed by atoms with Crippen molar-refractivity contribution >= 4 is 23.5 Å². The summed E-state index contributed by atoms with van der Waals surface area (Å²) < 4.78 is 5.14. The maximum atomic E-state index is 11.7. The highest BCUT2D eigenvalue weighted by atomic mass is 35.5. The lowest BCUT2D eigenvalue weighted by atomic mass is 10.1. The maximum absolute atomic E-state index is 11.7. The minimum absolute atomic E-state index is 0.108. The summed E-state index contributed by atoms with van der Waals surface area (Å²) in [4.78, 5) is 19.7. The fraction of sp³-hybridized carbons (Fsp3) is 0.500. The highest BCUT2D eigenvalue weighted by Crippen LogP contribution is 2.15. The van der Waals surface area contributed by atoms with Gasteiger partial charge in [-0.15, -0.1) is 0 Å². The number of aryl methyl sites for hydroxylation is 1. The normalized spacial score (nSPS) is 19.8. The van der Waals surface area contributed by atoms with E-state index in [0.717, 1.165) is 12.1 Å². The number of hydrogen-bond donors (Lipinski definition) is 1. The molecule has 0 aliphatic carbocycles. The molecule has 1 atom stereocenters. The molecule has 6 heteroatoms. The van der Waals surface area contributed by atoms with Crippen LogP contribution in [0, 0.1) is 12.8 Å². The molecule has 1 aliphatic heterocycles. The Morgan fingerprint density at radius 1 is 1.62 bits per heavy atom. The molecule has 0 saturated carbocycles. The van der Waals surface area contributed by atoms with E-state index < -0.39 is 0 Å². The second kappa shape index (κ2) is 4.76. The molecule has 86 valence electrons. The summed E-state index contributed by atoms with van der Waals surface area (Å²) in [5, 5.41) is 2.96. The number of halogens is 1. The molecule has 1 aromatic rings. The first-order valence-corrected chi connectivity index (χ1v) is 5.43. The zero-order valence-electron chi connectivity index (χ0n) is 8.86. The number of hydrogen-bond acceptors (Lipinski definition) is 4. The van der Waals surface area contributed by atoms with Crippen LogP contribution < -0.4 is 5.32 Å². The summed E-state index contributed by atoms with van der Waals surface area (Å²) in [6.07, 6.45) is 0.741. The van der Waals surface area contributed by atoms with Crippen LogP contribution in [0.5, 0.6) is 0 Å². The molecule has 0 radical (unpaired) electrons. The third kappa shape index (κ3) is 2.68. The van der Waals surface area contributed by atoms with E-state index in [0.29, 0.717) is 18.4 Å². The lowest BCUT2D eigenvalue weighted by Crippen LogP contribution is -2.24. The van der Waals surface area contributed by atoms with E-state index in [-0.39, 0.29) is 17.8 Å². The van der Waals surface area contributed by atoms with Gasteiger partial charge in [0.25, 0.3) is 0 Å². The maximum Gasteiger partial charge on any atom is 0.232 e. The van der Waals surface area contributed by atoms with Gasteiger partial charge in [-0.25, -0.2) is 9.97 Å². The average molecular weight is 242 g/mol. The Hall–Kier alpha value is -1.20. The Morgan fingerprint density at radius 3 is 3.06 bits per heavy atom. The van der Waals surface area contributed by atoms with Crippen molar-refractivity contribution in [3.05, 3.63) is 16.9 Å². The summed E-state index contributed by atoms with van der Waals surface area (Å²) in [6.45, 7) is 2.89. The van der Waals surface area contributed by atoms with Gasteiger partial charge in [-0.05, 0) is 19.4 Å². The molecule has 0 spiro atoms. The predicted molar refractivity (Wildman–Crippen MR) is 59.3 cm³/mol. The van der Waals surface area contributed by atoms with Gasteiger partial charge in [0.05, 0.1) is 12.5 Å². The molecule has 5 nitrogen and oxygen atoms in total. The van der Waals surface area contributed by atoms with Gasteiger partial charge >= 0.3 is 0 Å². The Kier molecular flexibility index (Phi) is 3.36. The van der Waals surface area contributed by atoms with Crippen LogP contribution in [-0.2, 0) is 9.53 Å². The van der Waals surface area contributed by atoms with Crippen LogP contribution in [0.4, 0.5) is 5.95 Å². The van der Waals surface area contributed by atoms with Gasteiger partial charge in [0, 0.05) is 12.3 Å². The number of amides is 1. The summed E-state index contributed by atoms with van der Waals surface area (Å²) in [7, 11) is 0. The van der Waals surface area contributed by atoms with Crippen LogP contribution in [0.1, 0.15) is 12.1 Å². The number of rotatable bonds is 2. The quantitative estimate of drug-likeness (QED) is 0.796. The van der Waals surface area contributed by atoms with Crippen LogP contribution in [0.15, 0.2) is 6.07 Å². The minimum Gasteiger partial charge on any atom is -0.381 e. The van der Waals surface area contributed by atoms with Gasteiger partial charge in [-0.2, -0.15) is 0 Å². The minimum atomic E-state index is -0.112. The predicted octanol–water partition coefficient (Wildman–Crippen LogP) is 1.41. The zero-order valence-corrected chi connectivity index (χ0v) is 9.62. The topological polar surface area (TPSA) is 64.1 Å². The number of anilines is 1. The number of aromatic nitrogens is 2. The van der Waals surface area contributed by atoms with Gasteiger partial charge in [-0.1, -0.05) is 11.6 Å². The van der Waals surface area contributed by atoms with Crippen molar-refractivity contribution in [1.82, 2.24) is 9.97 Å². The van der Waals surface area contributed by atoms with Crippen molar-refractivity contribution in [2.24, 2.45) is 5.92 Å². The second-order valence-electron chi connectivity index (χ2n) is 3.71. The number of nitrogens with one attached hydrogen (secondary N) is 1.